The molecule has 0 nitrogen and oxygen atoms in total. The van der Waals surface area contributed by atoms with Crippen LogP contribution in [0.4, 0.5) is 26.3 Å². The van der Waals surface area contributed by atoms with Gasteiger partial charge in [-0.1, -0.05) is 155 Å². The maximum atomic E-state index is 13.4. The van der Waals surface area contributed by atoms with Crippen molar-refractivity contribution >= 4 is 38.4 Å². The van der Waals surface area contributed by atoms with Gasteiger partial charge in [0.2, 0.25) is 0 Å². The van der Waals surface area contributed by atoms with E-state index in [2.05, 4.69) is 5.73 Å². The van der Waals surface area contributed by atoms with Crippen LogP contribution in [0.1, 0.15) is 33.4 Å². The fraction of sp³-hybridized carbons (Fsp3) is 0.0465. The first-order valence-corrected chi connectivity index (χ1v) is 15.6. The lowest BCUT2D eigenvalue weighted by molar-refractivity contribution is -0.137. The van der Waals surface area contributed by atoms with Crippen molar-refractivity contribution < 1.29 is 26.3 Å². The Morgan fingerprint density at radius 1 is 0.531 bits per heavy atom. The number of alkyl halides is 6. The Morgan fingerprint density at radius 2 is 1.00 bits per heavy atom. The zero-order valence-electron chi connectivity index (χ0n) is 25.6. The van der Waals surface area contributed by atoms with Gasteiger partial charge in [0.25, 0.3) is 0 Å². The molecule has 238 valence electrons. The van der Waals surface area contributed by atoms with E-state index in [-0.39, 0.29) is 0 Å². The number of hydrogen-bond acceptors (Lipinski definition) is 0. The van der Waals surface area contributed by atoms with Crippen molar-refractivity contribution in [3.05, 3.63) is 201 Å². The van der Waals surface area contributed by atoms with E-state index < -0.39 is 23.8 Å². The minimum Gasteiger partial charge on any atom is -0.166 e. The lowest BCUT2D eigenvalue weighted by Gasteiger charge is -2.36. The van der Waals surface area contributed by atoms with Crippen LogP contribution in [0.15, 0.2) is 146 Å². The molecule has 2 aliphatic carbocycles. The van der Waals surface area contributed by atoms with Crippen molar-refractivity contribution in [2.75, 3.05) is 0 Å². The predicted octanol–water partition coefficient (Wildman–Crippen LogP) is 10.3. The molecule has 6 heteroatoms. The van der Waals surface area contributed by atoms with Gasteiger partial charge in [0.15, 0.2) is 5.92 Å². The summed E-state index contributed by atoms with van der Waals surface area (Å²) in [6.07, 6.45) is -3.62. The summed E-state index contributed by atoms with van der Waals surface area (Å²) in [5.41, 5.74) is 8.78. The van der Waals surface area contributed by atoms with Crippen molar-refractivity contribution in [1.29, 1.82) is 0 Å². The average Bonchev–Trinajstić information content (AvgIpc) is 3.11. The first-order chi connectivity index (χ1) is 23.6. The number of halogens is 6. The summed E-state index contributed by atoms with van der Waals surface area (Å²) in [4.78, 5) is 0. The van der Waals surface area contributed by atoms with Gasteiger partial charge in [0.1, 0.15) is 0 Å². The summed E-state index contributed by atoms with van der Waals surface area (Å²) in [6, 6.07) is 36.6. The van der Waals surface area contributed by atoms with Crippen molar-refractivity contribution in [3.63, 3.8) is 0 Å². The Balaban J connectivity index is 1.45. The molecule has 0 unspecified atom stereocenters. The van der Waals surface area contributed by atoms with Crippen LogP contribution in [0.25, 0.3) is 38.4 Å². The normalized spacial score (nSPS) is 14.3. The van der Waals surface area contributed by atoms with Crippen LogP contribution in [0.3, 0.4) is 0 Å². The van der Waals surface area contributed by atoms with Crippen molar-refractivity contribution in [1.82, 2.24) is 0 Å². The van der Waals surface area contributed by atoms with Gasteiger partial charge in [0, 0.05) is 28.2 Å². The first kappa shape index (κ1) is 30.5. The molecule has 8 rings (SSSR count). The second-order valence-corrected chi connectivity index (χ2v) is 12.0. The third kappa shape index (κ3) is 5.22. The smallest absolute Gasteiger partial charge is 0.166 e. The van der Waals surface area contributed by atoms with Crippen LogP contribution >= 0.6 is 0 Å². The van der Waals surface area contributed by atoms with Gasteiger partial charge >= 0.3 is 12.4 Å². The van der Waals surface area contributed by atoms with E-state index in [0.29, 0.717) is 11.1 Å². The van der Waals surface area contributed by atoms with Crippen LogP contribution in [0, 0.1) is 11.8 Å². The molecular weight excluding hydrogens is 630 g/mol. The molecule has 0 N–H and O–H groups in total. The van der Waals surface area contributed by atoms with Gasteiger partial charge < -0.3 is 0 Å². The molecule has 0 fully saturated rings. The maximum Gasteiger partial charge on any atom is 0.467 e. The molecule has 0 bridgehead atoms. The van der Waals surface area contributed by atoms with Gasteiger partial charge in [-0.2, -0.15) is 26.3 Å². The third-order valence-electron chi connectivity index (χ3n) is 9.11. The third-order valence-corrected chi connectivity index (χ3v) is 9.11. The van der Waals surface area contributed by atoms with E-state index in [1.54, 1.807) is 0 Å². The second kappa shape index (κ2) is 11.4. The van der Waals surface area contributed by atoms with E-state index in [0.717, 1.165) is 90.0 Å². The highest BCUT2D eigenvalue weighted by molar-refractivity contribution is 6.05. The fourth-order valence-corrected chi connectivity index (χ4v) is 6.92. The highest BCUT2D eigenvalue weighted by atomic mass is 19.4. The molecule has 0 aliphatic heterocycles. The Labute approximate surface area is 278 Å². The monoisotopic (exact) mass is 654 g/mol. The number of allylic oxidation sites excluding steroid dienone is 4. The molecule has 0 heterocycles. The topological polar surface area (TPSA) is 0 Å². The highest BCUT2D eigenvalue weighted by Crippen LogP contribution is 2.45. The molecule has 49 heavy (non-hydrogen) atoms. The number of rotatable bonds is 1. The van der Waals surface area contributed by atoms with Gasteiger partial charge in [-0.15, -0.1) is 5.73 Å². The highest BCUT2D eigenvalue weighted by Gasteiger charge is 2.43. The van der Waals surface area contributed by atoms with Crippen molar-refractivity contribution in [3.8, 4) is 0 Å². The molecule has 6 aromatic rings. The zero-order chi connectivity index (χ0) is 33.9. The summed E-state index contributed by atoms with van der Waals surface area (Å²) < 4.78 is 80.6. The molecule has 2 aliphatic rings. The zero-order valence-corrected chi connectivity index (χ0v) is 25.6. The van der Waals surface area contributed by atoms with Crippen molar-refractivity contribution in [2.24, 2.45) is 0 Å². The Bertz CT molecular complexity index is 2380. The quantitative estimate of drug-likeness (QED) is 0.0939. The van der Waals surface area contributed by atoms with Gasteiger partial charge in [-0.3, -0.25) is 0 Å². The van der Waals surface area contributed by atoms with E-state index in [1.807, 2.05) is 97.1 Å². The fourth-order valence-electron chi connectivity index (χ4n) is 6.92. The van der Waals surface area contributed by atoms with E-state index >= 15 is 0 Å². The maximum absolute atomic E-state index is 13.4. The Morgan fingerprint density at radius 3 is 1.49 bits per heavy atom. The van der Waals surface area contributed by atoms with E-state index in [4.69, 9.17) is 0 Å². The summed E-state index contributed by atoms with van der Waals surface area (Å²) in [7, 11) is 0. The molecule has 0 spiro atoms. The average molecular weight is 655 g/mol. The number of fused-ring (bicyclic) bond motifs is 4. The van der Waals surface area contributed by atoms with Gasteiger partial charge in [-0.25, -0.2) is 0 Å². The first-order valence-electron chi connectivity index (χ1n) is 15.6. The van der Waals surface area contributed by atoms with Gasteiger partial charge in [0.05, 0.1) is 17.7 Å². The molecule has 0 saturated heterocycles. The lowest BCUT2D eigenvalue weighted by Crippen LogP contribution is -2.20. The molecule has 6 aromatic carbocycles. The number of benzene rings is 6. The second-order valence-electron chi connectivity index (χ2n) is 12.0. The number of hydrogen-bond donors (Lipinski definition) is 0. The molecule has 0 radical (unpaired) electrons. The minimum atomic E-state index is -4.44. The summed E-state index contributed by atoms with van der Waals surface area (Å²) in [5.74, 6) is 0.125. The van der Waals surface area contributed by atoms with Crippen molar-refractivity contribution in [2.45, 2.75) is 12.4 Å². The molecule has 0 saturated carbocycles. The van der Waals surface area contributed by atoms with Crippen LogP contribution < -0.4 is 10.4 Å². The van der Waals surface area contributed by atoms with E-state index in [9.17, 15) is 26.3 Å². The molecular formula is C43H24F6. The van der Waals surface area contributed by atoms with Crippen LogP contribution in [-0.2, 0) is 6.18 Å². The summed E-state index contributed by atoms with van der Waals surface area (Å²) >= 11 is 0. The Kier molecular flexibility index (Phi) is 7.09. The summed E-state index contributed by atoms with van der Waals surface area (Å²) in [5, 5.41) is 5.18. The molecule has 0 atom stereocenters. The SMILES string of the molecule is FC(F)(F)c1ccc([C-]2c3ccccc3C(=C=c3c4ccccc4c(=C4C=C[C+](C(F)(F)F)C=C4)c4ccccc34)c3ccccc32)cc1. The van der Waals surface area contributed by atoms with Crippen LogP contribution in [-0.4, -0.2) is 6.18 Å². The van der Waals surface area contributed by atoms with Gasteiger partial charge in [-0.05, 0) is 27.1 Å². The van der Waals surface area contributed by atoms with Crippen LogP contribution in [0.2, 0.25) is 0 Å². The summed E-state index contributed by atoms with van der Waals surface area (Å²) in [6.45, 7) is 0. The van der Waals surface area contributed by atoms with E-state index in [1.165, 1.54) is 24.3 Å². The molecule has 0 aromatic heterocycles. The van der Waals surface area contributed by atoms with Crippen LogP contribution in [0.5, 0.6) is 0 Å². The predicted molar refractivity (Wildman–Crippen MR) is 182 cm³/mol. The molecule has 0 amide bonds. The largest absolute Gasteiger partial charge is 0.467 e. The standard InChI is InChI=1S/C43H24F6/c44-42(45,46)28-21-17-26(18-22-28)40-34-13-5-1-9-30(34)38(31-10-2-6-14-35(31)40)25-39-32-11-3-7-15-36(32)41(37-16-8-4-12-33(37)39)27-19-23-29(24-20-27)43(47,48)49/h1-24H. The Hall–Kier alpha value is -5.84. The lowest BCUT2D eigenvalue weighted by atomic mass is 9.73. The minimum absolute atomic E-state index is 0.670.